The summed E-state index contributed by atoms with van der Waals surface area (Å²) in [4.78, 5) is 15.6. The maximum Gasteiger partial charge on any atom is 0.235 e. The lowest BCUT2D eigenvalue weighted by Crippen LogP contribution is -2.37. The molecule has 24 heavy (non-hydrogen) atoms. The van der Waals surface area contributed by atoms with E-state index in [9.17, 15) is 13.2 Å². The van der Waals surface area contributed by atoms with Gasteiger partial charge in [0.15, 0.2) is 0 Å². The van der Waals surface area contributed by atoms with E-state index in [1.165, 1.54) is 12.1 Å². The van der Waals surface area contributed by atoms with Gasteiger partial charge in [-0.2, -0.15) is 0 Å². The van der Waals surface area contributed by atoms with Crippen molar-refractivity contribution in [2.45, 2.75) is 12.3 Å². The van der Waals surface area contributed by atoms with Crippen molar-refractivity contribution in [2.24, 2.45) is 0 Å². The molecule has 0 aliphatic rings. The van der Waals surface area contributed by atoms with Crippen LogP contribution in [-0.2, 0) is 27.1 Å². The molecule has 0 aliphatic carbocycles. The maximum absolute atomic E-state index is 12.0. The lowest BCUT2D eigenvalue weighted by Gasteiger charge is -2.09. The van der Waals surface area contributed by atoms with Gasteiger partial charge >= 0.3 is 0 Å². The molecule has 6 nitrogen and oxygen atoms in total. The van der Waals surface area contributed by atoms with Gasteiger partial charge in [-0.1, -0.05) is 23.2 Å². The van der Waals surface area contributed by atoms with E-state index in [2.05, 4.69) is 15.0 Å². The predicted octanol–water partition coefficient (Wildman–Crippen LogP) is 2.12. The van der Waals surface area contributed by atoms with E-state index in [0.29, 0.717) is 22.2 Å². The highest BCUT2D eigenvalue weighted by molar-refractivity contribution is 7.88. The number of benzene rings is 1. The van der Waals surface area contributed by atoms with Gasteiger partial charge in [-0.05, 0) is 41.5 Å². The molecule has 128 valence electrons. The number of nitrogens with one attached hydrogen (secondary N) is 2. The molecular formula is C15H15Cl2N3O3S. The summed E-state index contributed by atoms with van der Waals surface area (Å²) in [6.07, 6.45) is 3.22. The molecule has 2 rings (SSSR count). The minimum Gasteiger partial charge on any atom is -0.351 e. The van der Waals surface area contributed by atoms with Crippen LogP contribution in [0.5, 0.6) is 0 Å². The van der Waals surface area contributed by atoms with Crippen LogP contribution < -0.4 is 10.0 Å². The molecule has 0 radical (unpaired) electrons. The second kappa shape index (κ2) is 8.43. The van der Waals surface area contributed by atoms with E-state index in [4.69, 9.17) is 23.2 Å². The van der Waals surface area contributed by atoms with E-state index < -0.39 is 15.9 Å². The molecule has 2 aromatic rings. The molecule has 9 heteroatoms. The number of carbonyl (C=O) groups excluding carboxylic acids is 1. The number of amides is 1. The fraction of sp³-hybridized carbons (Fsp3) is 0.200. The Morgan fingerprint density at radius 1 is 1.12 bits per heavy atom. The second-order valence-electron chi connectivity index (χ2n) is 4.95. The first-order valence-corrected chi connectivity index (χ1v) is 9.33. The van der Waals surface area contributed by atoms with E-state index in [1.807, 2.05) is 0 Å². The topological polar surface area (TPSA) is 88.2 Å². The first kappa shape index (κ1) is 18.7. The van der Waals surface area contributed by atoms with Crippen molar-refractivity contribution < 1.29 is 13.2 Å². The smallest absolute Gasteiger partial charge is 0.235 e. The van der Waals surface area contributed by atoms with Crippen LogP contribution in [0.4, 0.5) is 0 Å². The molecule has 1 aromatic heterocycles. The maximum atomic E-state index is 12.0. The van der Waals surface area contributed by atoms with Crippen molar-refractivity contribution in [3.63, 3.8) is 0 Å². The molecule has 1 heterocycles. The third kappa shape index (κ3) is 6.09. The number of nitrogens with zero attached hydrogens (tertiary/aromatic N) is 1. The van der Waals surface area contributed by atoms with Gasteiger partial charge in [0.25, 0.3) is 0 Å². The van der Waals surface area contributed by atoms with Crippen molar-refractivity contribution >= 4 is 39.1 Å². The molecule has 0 aliphatic heterocycles. The zero-order chi connectivity index (χ0) is 17.6. The molecule has 0 saturated heterocycles. The van der Waals surface area contributed by atoms with Gasteiger partial charge in [0, 0.05) is 29.0 Å². The van der Waals surface area contributed by atoms with Crippen LogP contribution in [0.1, 0.15) is 11.1 Å². The first-order valence-electron chi connectivity index (χ1n) is 6.92. The molecule has 1 aromatic carbocycles. The Labute approximate surface area is 150 Å². The first-order chi connectivity index (χ1) is 11.4. The highest BCUT2D eigenvalue weighted by Crippen LogP contribution is 2.22. The van der Waals surface area contributed by atoms with Crippen LogP contribution >= 0.6 is 23.2 Å². The summed E-state index contributed by atoms with van der Waals surface area (Å²) in [6.45, 7) is -0.0607. The van der Waals surface area contributed by atoms with E-state index in [1.54, 1.807) is 30.6 Å². The standard InChI is InChI=1S/C15H15Cl2N3O3S/c16-13-1-2-14(17)12(7-13)10-24(22,23)20-9-15(21)19-8-11-3-5-18-6-4-11/h1-7,20H,8-10H2,(H,19,21). The van der Waals surface area contributed by atoms with Crippen molar-refractivity contribution in [2.75, 3.05) is 6.54 Å². The summed E-state index contributed by atoms with van der Waals surface area (Å²) in [6, 6.07) is 8.08. The van der Waals surface area contributed by atoms with E-state index in [0.717, 1.165) is 5.56 Å². The van der Waals surface area contributed by atoms with Gasteiger partial charge in [-0.15, -0.1) is 0 Å². The normalized spacial score (nSPS) is 11.2. The fourth-order valence-corrected chi connectivity index (χ4v) is 3.41. The number of hydrogen-bond donors (Lipinski definition) is 2. The van der Waals surface area contributed by atoms with Gasteiger partial charge < -0.3 is 5.32 Å². The summed E-state index contributed by atoms with van der Waals surface area (Å²) in [5.41, 5.74) is 1.24. The molecular weight excluding hydrogens is 373 g/mol. The van der Waals surface area contributed by atoms with Crippen LogP contribution in [0.15, 0.2) is 42.7 Å². The number of sulfonamides is 1. The number of carbonyl (C=O) groups is 1. The molecule has 1 amide bonds. The zero-order valence-electron chi connectivity index (χ0n) is 12.5. The lowest BCUT2D eigenvalue weighted by molar-refractivity contribution is -0.120. The number of aromatic nitrogens is 1. The SMILES string of the molecule is O=C(CNS(=O)(=O)Cc1cc(Cl)ccc1Cl)NCc1ccncc1. The predicted molar refractivity (Wildman–Crippen MR) is 93.2 cm³/mol. The highest BCUT2D eigenvalue weighted by Gasteiger charge is 2.15. The number of hydrogen-bond acceptors (Lipinski definition) is 4. The van der Waals surface area contributed by atoms with Crippen molar-refractivity contribution in [1.82, 2.24) is 15.0 Å². The average molecular weight is 388 g/mol. The summed E-state index contributed by atoms with van der Waals surface area (Å²) in [5.74, 6) is -0.795. The molecule has 0 unspecified atom stereocenters. The number of rotatable bonds is 7. The third-order valence-corrected chi connectivity index (χ3v) is 4.92. The number of halogens is 2. The van der Waals surface area contributed by atoms with Crippen LogP contribution in [0.2, 0.25) is 10.0 Å². The summed E-state index contributed by atoms with van der Waals surface area (Å²) >= 11 is 11.8. The quantitative estimate of drug-likeness (QED) is 0.761. The molecule has 0 spiro atoms. The van der Waals surface area contributed by atoms with E-state index in [-0.39, 0.29) is 12.3 Å². The Bertz CT molecular complexity index is 814. The zero-order valence-corrected chi connectivity index (χ0v) is 14.8. The monoisotopic (exact) mass is 387 g/mol. The molecule has 0 bridgehead atoms. The fourth-order valence-electron chi connectivity index (χ4n) is 1.85. The minimum atomic E-state index is -3.72. The molecule has 2 N–H and O–H groups in total. The van der Waals surface area contributed by atoms with Crippen molar-refractivity contribution in [3.05, 3.63) is 63.9 Å². The average Bonchev–Trinajstić information content (AvgIpc) is 2.55. The van der Waals surface area contributed by atoms with Crippen molar-refractivity contribution in [3.8, 4) is 0 Å². The summed E-state index contributed by atoms with van der Waals surface area (Å²) in [5, 5.41) is 3.30. The van der Waals surface area contributed by atoms with Gasteiger partial charge in [0.2, 0.25) is 15.9 Å². The van der Waals surface area contributed by atoms with Crippen LogP contribution in [-0.4, -0.2) is 25.9 Å². The molecule has 0 saturated carbocycles. The Morgan fingerprint density at radius 3 is 2.54 bits per heavy atom. The second-order valence-corrected chi connectivity index (χ2v) is 7.60. The van der Waals surface area contributed by atoms with Gasteiger partial charge in [0.1, 0.15) is 0 Å². The molecule has 0 fully saturated rings. The Morgan fingerprint density at radius 2 is 1.83 bits per heavy atom. The summed E-state index contributed by atoms with van der Waals surface area (Å²) < 4.78 is 26.3. The van der Waals surface area contributed by atoms with Crippen molar-refractivity contribution in [1.29, 1.82) is 0 Å². The number of pyridine rings is 1. The minimum absolute atomic E-state index is 0.295. The highest BCUT2D eigenvalue weighted by atomic mass is 35.5. The van der Waals surface area contributed by atoms with Crippen LogP contribution in [0, 0.1) is 0 Å². The van der Waals surface area contributed by atoms with Crippen LogP contribution in [0.25, 0.3) is 0 Å². The third-order valence-electron chi connectivity index (χ3n) is 3.04. The Hall–Kier alpha value is -1.67. The Balaban J connectivity index is 1.85. The summed E-state index contributed by atoms with van der Waals surface area (Å²) in [7, 11) is -3.72. The largest absolute Gasteiger partial charge is 0.351 e. The van der Waals surface area contributed by atoms with Gasteiger partial charge in [-0.3, -0.25) is 9.78 Å². The Kier molecular flexibility index (Phi) is 6.56. The van der Waals surface area contributed by atoms with Crippen LogP contribution in [0.3, 0.4) is 0 Å². The van der Waals surface area contributed by atoms with Gasteiger partial charge in [0.05, 0.1) is 12.3 Å². The van der Waals surface area contributed by atoms with E-state index >= 15 is 0 Å². The molecule has 0 atom stereocenters. The lowest BCUT2D eigenvalue weighted by atomic mass is 10.2. The van der Waals surface area contributed by atoms with Gasteiger partial charge in [-0.25, -0.2) is 13.1 Å².